The lowest BCUT2D eigenvalue weighted by Gasteiger charge is -2.24. The summed E-state index contributed by atoms with van der Waals surface area (Å²) in [6.45, 7) is 5.93. The van der Waals surface area contributed by atoms with Gasteiger partial charge in [-0.1, -0.05) is 12.2 Å². The molecule has 6 nitrogen and oxygen atoms in total. The molecular formula is C20H28N4O2. The molecule has 26 heavy (non-hydrogen) atoms. The number of hydrogen-bond donors (Lipinski definition) is 5. The van der Waals surface area contributed by atoms with E-state index in [1.165, 1.54) is 0 Å². The maximum Gasteiger partial charge on any atom is 0.146 e. The molecule has 0 amide bonds. The molecule has 5 N–H and O–H groups in total. The Kier molecular flexibility index (Phi) is 6.22. The second-order valence-corrected chi connectivity index (χ2v) is 6.06. The molecule has 0 aliphatic heterocycles. The third kappa shape index (κ3) is 3.79. The van der Waals surface area contributed by atoms with Gasteiger partial charge in [0.05, 0.1) is 24.2 Å². The zero-order valence-electron chi connectivity index (χ0n) is 16.1. The Labute approximate surface area is 155 Å². The van der Waals surface area contributed by atoms with Gasteiger partial charge in [0.15, 0.2) is 0 Å². The summed E-state index contributed by atoms with van der Waals surface area (Å²) in [7, 11) is 7.10. The van der Waals surface area contributed by atoms with E-state index < -0.39 is 0 Å². The van der Waals surface area contributed by atoms with Gasteiger partial charge in [0, 0.05) is 32.4 Å². The minimum Gasteiger partial charge on any atom is -0.505 e. The zero-order valence-corrected chi connectivity index (χ0v) is 16.1. The molecule has 0 spiro atoms. The lowest BCUT2D eigenvalue weighted by atomic mass is 9.99. The predicted molar refractivity (Wildman–Crippen MR) is 112 cm³/mol. The van der Waals surface area contributed by atoms with Gasteiger partial charge in [-0.2, -0.15) is 0 Å². The van der Waals surface area contributed by atoms with Crippen molar-refractivity contribution in [2.75, 3.05) is 49.5 Å². The number of methoxy groups -OCH3 is 1. The quantitative estimate of drug-likeness (QED) is 0.274. The fourth-order valence-corrected chi connectivity index (χ4v) is 2.98. The highest BCUT2D eigenvalue weighted by molar-refractivity contribution is 5.98. The molecule has 0 unspecified atom stereocenters. The van der Waals surface area contributed by atoms with Crippen LogP contribution in [-0.2, 0) is 6.42 Å². The lowest BCUT2D eigenvalue weighted by molar-refractivity contribution is 0.415. The molecule has 0 saturated heterocycles. The average Bonchev–Trinajstić information content (AvgIpc) is 2.64. The molecule has 2 rings (SSSR count). The molecule has 0 fully saturated rings. The number of rotatable bonds is 8. The van der Waals surface area contributed by atoms with Gasteiger partial charge in [-0.25, -0.2) is 0 Å². The van der Waals surface area contributed by atoms with E-state index in [1.54, 1.807) is 14.2 Å². The zero-order chi connectivity index (χ0) is 19.3. The van der Waals surface area contributed by atoms with Gasteiger partial charge in [0.2, 0.25) is 0 Å². The van der Waals surface area contributed by atoms with Crippen molar-refractivity contribution >= 4 is 28.4 Å². The summed E-state index contributed by atoms with van der Waals surface area (Å²) in [5.74, 6) is 1.01. The van der Waals surface area contributed by atoms with Crippen LogP contribution in [0, 0.1) is 0 Å². The second-order valence-electron chi connectivity index (χ2n) is 6.06. The van der Waals surface area contributed by atoms with Crippen molar-refractivity contribution in [3.05, 3.63) is 42.0 Å². The van der Waals surface area contributed by atoms with Crippen LogP contribution in [0.1, 0.15) is 12.5 Å². The monoisotopic (exact) mass is 356 g/mol. The van der Waals surface area contributed by atoms with Crippen LogP contribution < -0.4 is 26.0 Å². The van der Waals surface area contributed by atoms with Crippen LogP contribution in [0.15, 0.2) is 36.4 Å². The normalized spacial score (nSPS) is 10.2. The maximum absolute atomic E-state index is 10.8. The number of aromatic hydroxyl groups is 1. The largest absolute Gasteiger partial charge is 0.505 e. The van der Waals surface area contributed by atoms with Gasteiger partial charge >= 0.3 is 0 Å². The topological polar surface area (TPSA) is 77.6 Å². The van der Waals surface area contributed by atoms with Crippen molar-refractivity contribution in [3.8, 4) is 11.5 Å². The van der Waals surface area contributed by atoms with Crippen molar-refractivity contribution in [2.24, 2.45) is 0 Å². The van der Waals surface area contributed by atoms with Crippen molar-refractivity contribution in [3.63, 3.8) is 0 Å². The summed E-state index contributed by atoms with van der Waals surface area (Å²) in [6.07, 6.45) is 0.567. The first-order chi connectivity index (χ1) is 12.5. The molecule has 0 radical (unpaired) electrons. The highest BCUT2D eigenvalue weighted by Crippen LogP contribution is 2.48. The first-order valence-corrected chi connectivity index (χ1v) is 8.47. The molecule has 0 bridgehead atoms. The third-order valence-electron chi connectivity index (χ3n) is 4.16. The standard InChI is InChI=1S/C20H28N4O2/c1-12(2)11-15-16(21-3)18(17(22-4)19(23-5)20(15)25)24-13-7-9-14(26-6)10-8-13/h7-10,21-25H,1,11H2,2-6H3. The Balaban J connectivity index is 2.65. The van der Waals surface area contributed by atoms with Gasteiger partial charge in [-0.15, -0.1) is 0 Å². The summed E-state index contributed by atoms with van der Waals surface area (Å²) in [4.78, 5) is 0. The Bertz CT molecular complexity index is 786. The average molecular weight is 356 g/mol. The van der Waals surface area contributed by atoms with Crippen LogP contribution in [0.5, 0.6) is 11.5 Å². The molecule has 0 aliphatic carbocycles. The summed E-state index contributed by atoms with van der Waals surface area (Å²) in [6, 6.07) is 7.69. The van der Waals surface area contributed by atoms with E-state index >= 15 is 0 Å². The summed E-state index contributed by atoms with van der Waals surface area (Å²) in [5.41, 5.74) is 5.75. The molecule has 0 atom stereocenters. The Morgan fingerprint density at radius 1 is 0.962 bits per heavy atom. The molecular weight excluding hydrogens is 328 g/mol. The van der Waals surface area contributed by atoms with Crippen LogP contribution in [0.3, 0.4) is 0 Å². The fraction of sp³-hybridized carbons (Fsp3) is 0.300. The molecule has 6 heteroatoms. The molecule has 2 aromatic rings. The Morgan fingerprint density at radius 3 is 2.00 bits per heavy atom. The van der Waals surface area contributed by atoms with E-state index in [9.17, 15) is 5.11 Å². The van der Waals surface area contributed by atoms with E-state index in [4.69, 9.17) is 4.74 Å². The number of phenols is 1. The molecule has 0 aliphatic rings. The highest BCUT2D eigenvalue weighted by atomic mass is 16.5. The molecule has 2 aromatic carbocycles. The van der Waals surface area contributed by atoms with Gasteiger partial charge < -0.3 is 31.1 Å². The van der Waals surface area contributed by atoms with Crippen molar-refractivity contribution in [2.45, 2.75) is 13.3 Å². The van der Waals surface area contributed by atoms with Gasteiger partial charge in [-0.3, -0.25) is 0 Å². The van der Waals surface area contributed by atoms with E-state index in [-0.39, 0.29) is 5.75 Å². The summed E-state index contributed by atoms with van der Waals surface area (Å²) >= 11 is 0. The molecule has 0 aromatic heterocycles. The van der Waals surface area contributed by atoms with Crippen LogP contribution >= 0.6 is 0 Å². The number of ether oxygens (including phenoxy) is 1. The van der Waals surface area contributed by atoms with Crippen LogP contribution in [0.2, 0.25) is 0 Å². The van der Waals surface area contributed by atoms with Crippen LogP contribution in [0.4, 0.5) is 28.4 Å². The van der Waals surface area contributed by atoms with Crippen molar-refractivity contribution in [1.29, 1.82) is 0 Å². The highest BCUT2D eigenvalue weighted by Gasteiger charge is 2.22. The van der Waals surface area contributed by atoms with Crippen LogP contribution in [0.25, 0.3) is 0 Å². The number of nitrogens with one attached hydrogen (secondary N) is 4. The Hall–Kier alpha value is -3.02. The number of phenolic OH excluding ortho intramolecular Hbond substituents is 1. The minimum atomic E-state index is 0.212. The van der Waals surface area contributed by atoms with Gasteiger partial charge in [-0.05, 0) is 37.6 Å². The number of anilines is 5. The van der Waals surface area contributed by atoms with E-state index in [1.807, 2.05) is 45.3 Å². The van der Waals surface area contributed by atoms with Crippen molar-refractivity contribution in [1.82, 2.24) is 0 Å². The van der Waals surface area contributed by atoms with Crippen molar-refractivity contribution < 1.29 is 9.84 Å². The second kappa shape index (κ2) is 8.38. The smallest absolute Gasteiger partial charge is 0.146 e. The molecule has 0 saturated carbocycles. The van der Waals surface area contributed by atoms with E-state index in [2.05, 4.69) is 27.8 Å². The third-order valence-corrected chi connectivity index (χ3v) is 4.16. The number of benzene rings is 2. The SMILES string of the molecule is C=C(C)Cc1c(O)c(NC)c(NC)c(Nc2ccc(OC)cc2)c1NC. The molecule has 0 heterocycles. The minimum absolute atomic E-state index is 0.212. The van der Waals surface area contributed by atoms with E-state index in [0.717, 1.165) is 39.6 Å². The summed E-state index contributed by atoms with van der Waals surface area (Å²) in [5, 5.41) is 23.7. The van der Waals surface area contributed by atoms with Crippen LogP contribution in [-0.4, -0.2) is 33.4 Å². The first kappa shape index (κ1) is 19.3. The first-order valence-electron chi connectivity index (χ1n) is 8.47. The van der Waals surface area contributed by atoms with Gasteiger partial charge in [0.1, 0.15) is 17.2 Å². The maximum atomic E-state index is 10.8. The number of allylic oxidation sites excluding steroid dienone is 1. The van der Waals surface area contributed by atoms with E-state index in [0.29, 0.717) is 12.1 Å². The lowest BCUT2D eigenvalue weighted by Crippen LogP contribution is -2.09. The summed E-state index contributed by atoms with van der Waals surface area (Å²) < 4.78 is 5.22. The van der Waals surface area contributed by atoms with Gasteiger partial charge in [0.25, 0.3) is 0 Å². The Morgan fingerprint density at radius 2 is 1.54 bits per heavy atom. The predicted octanol–water partition coefficient (Wildman–Crippen LogP) is 4.39. The number of hydrogen-bond acceptors (Lipinski definition) is 6. The molecule has 140 valence electrons. The fourth-order valence-electron chi connectivity index (χ4n) is 2.98.